The molecule has 7 nitrogen and oxygen atoms in total. The third kappa shape index (κ3) is 2.75. The Morgan fingerprint density at radius 2 is 2.15 bits per heavy atom. The molecule has 0 aliphatic rings. The van der Waals surface area contributed by atoms with Crippen LogP contribution in [0.2, 0.25) is 5.02 Å². The van der Waals surface area contributed by atoms with E-state index in [9.17, 15) is 14.5 Å². The normalized spacial score (nSPS) is 10.3. The Morgan fingerprint density at radius 3 is 2.75 bits per heavy atom. The zero-order chi connectivity index (χ0) is 14.9. The van der Waals surface area contributed by atoms with Crippen LogP contribution in [0.3, 0.4) is 0 Å². The molecule has 0 saturated heterocycles. The largest absolute Gasteiger partial charge is 0.433 e. The molecule has 0 saturated carbocycles. The monoisotopic (exact) mass is 298 g/mol. The first kappa shape index (κ1) is 13.9. The number of anilines is 1. The second-order valence-electron chi connectivity index (χ2n) is 3.76. The van der Waals surface area contributed by atoms with Crippen molar-refractivity contribution in [3.05, 3.63) is 44.8 Å². The number of ether oxygens (including phenoxy) is 1. The van der Waals surface area contributed by atoms with E-state index in [-0.39, 0.29) is 28.3 Å². The lowest BCUT2D eigenvalue weighted by molar-refractivity contribution is -0.386. The first-order valence-corrected chi connectivity index (χ1v) is 5.67. The molecule has 2 rings (SSSR count). The summed E-state index contributed by atoms with van der Waals surface area (Å²) < 4.78 is 18.5. The maximum atomic E-state index is 13.3. The van der Waals surface area contributed by atoms with Crippen LogP contribution in [0.15, 0.2) is 18.2 Å². The second kappa shape index (κ2) is 5.25. The van der Waals surface area contributed by atoms with Crippen molar-refractivity contribution >= 4 is 23.2 Å². The van der Waals surface area contributed by atoms with Crippen molar-refractivity contribution in [2.75, 3.05) is 5.73 Å². The van der Waals surface area contributed by atoms with E-state index in [1.165, 1.54) is 19.1 Å². The highest BCUT2D eigenvalue weighted by atomic mass is 35.5. The van der Waals surface area contributed by atoms with Crippen LogP contribution in [0.1, 0.15) is 5.69 Å². The first-order chi connectivity index (χ1) is 9.38. The highest BCUT2D eigenvalue weighted by Crippen LogP contribution is 2.32. The molecule has 0 spiro atoms. The van der Waals surface area contributed by atoms with Gasteiger partial charge in [-0.2, -0.15) is 4.98 Å². The van der Waals surface area contributed by atoms with Gasteiger partial charge in [0.2, 0.25) is 5.95 Å². The van der Waals surface area contributed by atoms with Crippen LogP contribution in [-0.2, 0) is 0 Å². The summed E-state index contributed by atoms with van der Waals surface area (Å²) >= 11 is 5.53. The van der Waals surface area contributed by atoms with Crippen molar-refractivity contribution in [1.82, 2.24) is 9.97 Å². The number of aryl methyl sites for hydroxylation is 1. The Kier molecular flexibility index (Phi) is 3.66. The molecule has 0 aliphatic carbocycles. The Morgan fingerprint density at radius 1 is 1.45 bits per heavy atom. The summed E-state index contributed by atoms with van der Waals surface area (Å²) in [6.07, 6.45) is 0. The van der Waals surface area contributed by atoms with Gasteiger partial charge in [0, 0.05) is 6.07 Å². The smallest absolute Gasteiger partial charge is 0.352 e. The van der Waals surface area contributed by atoms with Gasteiger partial charge in [0.15, 0.2) is 0 Å². The van der Waals surface area contributed by atoms with Gasteiger partial charge in [-0.15, -0.1) is 0 Å². The molecule has 0 bridgehead atoms. The Hall–Kier alpha value is -2.48. The molecule has 1 heterocycles. The first-order valence-electron chi connectivity index (χ1n) is 5.30. The molecule has 0 radical (unpaired) electrons. The molecule has 0 amide bonds. The molecule has 2 N–H and O–H groups in total. The average Bonchev–Trinajstić information content (AvgIpc) is 2.32. The predicted octanol–water partition coefficient (Wildman–Crippen LogP) is 2.86. The lowest BCUT2D eigenvalue weighted by Crippen LogP contribution is -2.04. The standard InChI is InChI=1S/C11H8ClFN4O3/c1-5-9(17(18)19)10(16-11(14)15-5)20-6-2-3-7(12)8(13)4-6/h2-4H,1H3,(H2,14,15,16). The van der Waals surface area contributed by atoms with E-state index in [1.54, 1.807) is 0 Å². The third-order valence-corrected chi connectivity index (χ3v) is 2.64. The second-order valence-corrected chi connectivity index (χ2v) is 4.16. The zero-order valence-electron chi connectivity index (χ0n) is 10.1. The Bertz CT molecular complexity index is 696. The van der Waals surface area contributed by atoms with Gasteiger partial charge in [-0.3, -0.25) is 10.1 Å². The number of nitrogen functional groups attached to an aromatic ring is 1. The van der Waals surface area contributed by atoms with E-state index in [1.807, 2.05) is 0 Å². The lowest BCUT2D eigenvalue weighted by Gasteiger charge is -2.07. The molecule has 1 aromatic heterocycles. The quantitative estimate of drug-likeness (QED) is 0.690. The molecule has 0 aliphatic heterocycles. The van der Waals surface area contributed by atoms with Crippen LogP contribution in [-0.4, -0.2) is 14.9 Å². The predicted molar refractivity (Wildman–Crippen MR) is 69.3 cm³/mol. The molecular formula is C11H8ClFN4O3. The van der Waals surface area contributed by atoms with Crippen molar-refractivity contribution in [2.45, 2.75) is 6.92 Å². The number of rotatable bonds is 3. The van der Waals surface area contributed by atoms with E-state index < -0.39 is 16.4 Å². The van der Waals surface area contributed by atoms with Crippen molar-refractivity contribution in [1.29, 1.82) is 0 Å². The minimum absolute atomic E-state index is 0.00694. The molecule has 2 aromatic rings. The molecular weight excluding hydrogens is 291 g/mol. The highest BCUT2D eigenvalue weighted by Gasteiger charge is 2.23. The third-order valence-electron chi connectivity index (χ3n) is 2.33. The molecule has 0 fully saturated rings. The average molecular weight is 299 g/mol. The Balaban J connectivity index is 2.47. The minimum Gasteiger partial charge on any atom is -0.433 e. The Labute approximate surface area is 117 Å². The van der Waals surface area contributed by atoms with Gasteiger partial charge in [-0.1, -0.05) is 11.6 Å². The minimum atomic E-state index is -0.717. The molecule has 1 aromatic carbocycles. The van der Waals surface area contributed by atoms with Crippen LogP contribution in [0.25, 0.3) is 0 Å². The van der Waals surface area contributed by atoms with Gasteiger partial charge in [-0.25, -0.2) is 9.37 Å². The van der Waals surface area contributed by atoms with Crippen molar-refractivity contribution in [3.63, 3.8) is 0 Å². The zero-order valence-corrected chi connectivity index (χ0v) is 10.9. The highest BCUT2D eigenvalue weighted by molar-refractivity contribution is 6.30. The number of nitrogens with two attached hydrogens (primary N) is 1. The number of benzene rings is 1. The molecule has 20 heavy (non-hydrogen) atoms. The summed E-state index contributed by atoms with van der Waals surface area (Å²) in [5.41, 5.74) is 5.03. The van der Waals surface area contributed by atoms with E-state index in [4.69, 9.17) is 22.1 Å². The maximum absolute atomic E-state index is 13.3. The lowest BCUT2D eigenvalue weighted by atomic mass is 10.3. The summed E-state index contributed by atoms with van der Waals surface area (Å²) in [6.45, 7) is 1.39. The van der Waals surface area contributed by atoms with Gasteiger partial charge in [0.1, 0.15) is 17.3 Å². The number of aromatic nitrogens is 2. The fourth-order valence-corrected chi connectivity index (χ4v) is 1.61. The van der Waals surface area contributed by atoms with Gasteiger partial charge in [0.05, 0.1) is 9.95 Å². The van der Waals surface area contributed by atoms with Crippen molar-refractivity contribution < 1.29 is 14.1 Å². The number of nitrogens with zero attached hydrogens (tertiary/aromatic N) is 3. The molecule has 9 heteroatoms. The fraction of sp³-hybridized carbons (Fsp3) is 0.0909. The van der Waals surface area contributed by atoms with Crippen LogP contribution < -0.4 is 10.5 Å². The van der Waals surface area contributed by atoms with E-state index >= 15 is 0 Å². The van der Waals surface area contributed by atoms with Gasteiger partial charge in [0.25, 0.3) is 0 Å². The van der Waals surface area contributed by atoms with Crippen molar-refractivity contribution in [2.24, 2.45) is 0 Å². The summed E-state index contributed by atoms with van der Waals surface area (Å²) in [4.78, 5) is 17.6. The summed E-state index contributed by atoms with van der Waals surface area (Å²) in [5, 5.41) is 10.9. The number of hydrogen-bond acceptors (Lipinski definition) is 6. The van der Waals surface area contributed by atoms with E-state index in [0.29, 0.717) is 0 Å². The number of hydrogen-bond donors (Lipinski definition) is 1. The van der Waals surface area contributed by atoms with E-state index in [0.717, 1.165) is 6.07 Å². The summed E-state index contributed by atoms with van der Waals surface area (Å²) in [7, 11) is 0. The van der Waals surface area contributed by atoms with Crippen LogP contribution >= 0.6 is 11.6 Å². The fourth-order valence-electron chi connectivity index (χ4n) is 1.49. The SMILES string of the molecule is Cc1nc(N)nc(Oc2ccc(Cl)c(F)c2)c1[N+](=O)[O-]. The molecule has 104 valence electrons. The van der Waals surface area contributed by atoms with E-state index in [2.05, 4.69) is 9.97 Å². The summed E-state index contributed by atoms with van der Waals surface area (Å²) in [5.74, 6) is -1.25. The van der Waals surface area contributed by atoms with Gasteiger partial charge in [-0.05, 0) is 19.1 Å². The summed E-state index contributed by atoms with van der Waals surface area (Å²) in [6, 6.07) is 3.60. The van der Waals surface area contributed by atoms with Gasteiger partial charge >= 0.3 is 11.6 Å². The number of halogens is 2. The van der Waals surface area contributed by atoms with Crippen molar-refractivity contribution in [3.8, 4) is 11.6 Å². The number of nitro groups is 1. The molecule has 0 unspecified atom stereocenters. The van der Waals surface area contributed by atoms with Crippen LogP contribution in [0, 0.1) is 22.9 Å². The maximum Gasteiger partial charge on any atom is 0.352 e. The van der Waals surface area contributed by atoms with Gasteiger partial charge < -0.3 is 10.5 Å². The van der Waals surface area contributed by atoms with Crippen LogP contribution in [0.4, 0.5) is 16.0 Å². The molecule has 0 atom stereocenters. The van der Waals surface area contributed by atoms with Crippen LogP contribution in [0.5, 0.6) is 11.6 Å². The topological polar surface area (TPSA) is 104 Å².